The summed E-state index contributed by atoms with van der Waals surface area (Å²) in [5.74, 6) is 1.28. The third-order valence-electron chi connectivity index (χ3n) is 6.78. The summed E-state index contributed by atoms with van der Waals surface area (Å²) in [5.41, 5.74) is 5.55. The fourth-order valence-corrected chi connectivity index (χ4v) is 6.11. The minimum atomic E-state index is -0.295. The van der Waals surface area contributed by atoms with E-state index in [1.54, 1.807) is 18.8 Å². The molecule has 9 heteroatoms. The lowest BCUT2D eigenvalue weighted by Gasteiger charge is -2.33. The molecule has 6 nitrogen and oxygen atoms in total. The van der Waals surface area contributed by atoms with Crippen LogP contribution in [-0.4, -0.2) is 41.1 Å². The summed E-state index contributed by atoms with van der Waals surface area (Å²) >= 11 is 2.78. The van der Waals surface area contributed by atoms with Crippen molar-refractivity contribution in [1.82, 2.24) is 14.9 Å². The first-order valence-electron chi connectivity index (χ1n) is 12.7. The second kappa shape index (κ2) is 12.6. The van der Waals surface area contributed by atoms with Gasteiger partial charge in [0.15, 0.2) is 10.8 Å². The zero-order chi connectivity index (χ0) is 26.3. The Kier molecular flexibility index (Phi) is 8.78. The van der Waals surface area contributed by atoms with Crippen molar-refractivity contribution in [3.05, 3.63) is 94.2 Å². The van der Waals surface area contributed by atoms with E-state index in [0.29, 0.717) is 23.2 Å². The second-order valence-electron chi connectivity index (χ2n) is 9.42. The molecule has 5 rings (SSSR count). The molecule has 198 valence electrons. The highest BCUT2D eigenvalue weighted by Crippen LogP contribution is 2.34. The van der Waals surface area contributed by atoms with Crippen LogP contribution in [0, 0.1) is 12.7 Å². The topological polar surface area (TPSA) is 53.5 Å². The van der Waals surface area contributed by atoms with Gasteiger partial charge < -0.3 is 10.1 Å². The average molecular weight is 550 g/mol. The van der Waals surface area contributed by atoms with Crippen LogP contribution in [0.3, 0.4) is 0 Å². The first kappa shape index (κ1) is 26.5. The maximum absolute atomic E-state index is 15.6. The van der Waals surface area contributed by atoms with Crippen LogP contribution in [0.2, 0.25) is 0 Å². The number of methoxy groups -OCH3 is 1. The quantitative estimate of drug-likeness (QED) is 0.219. The fourth-order valence-electron chi connectivity index (χ4n) is 4.55. The van der Waals surface area contributed by atoms with Gasteiger partial charge in [0, 0.05) is 48.6 Å². The molecule has 3 heterocycles. The van der Waals surface area contributed by atoms with Gasteiger partial charge in [0.05, 0.1) is 31.0 Å². The molecule has 1 fully saturated rings. The van der Waals surface area contributed by atoms with Crippen LogP contribution in [-0.2, 0) is 13.1 Å². The molecular weight excluding hydrogens is 517 g/mol. The fraction of sp³-hybridized carbons (Fsp3) is 0.310. The number of benzene rings is 2. The van der Waals surface area contributed by atoms with Gasteiger partial charge in [-0.15, -0.1) is 11.3 Å². The SMILES string of the molecule is COc1ccc(CN(Sc2ncc(NC3CCN(Cc4ccccc4)CC3)c(C)c2F)c2cscn2)cc1. The first-order chi connectivity index (χ1) is 18.6. The van der Waals surface area contributed by atoms with E-state index in [4.69, 9.17) is 4.74 Å². The summed E-state index contributed by atoms with van der Waals surface area (Å²) in [6.07, 6.45) is 3.80. The molecule has 0 spiro atoms. The number of aromatic nitrogens is 2. The van der Waals surface area contributed by atoms with Crippen molar-refractivity contribution >= 4 is 34.8 Å². The highest BCUT2D eigenvalue weighted by atomic mass is 32.2. The maximum Gasteiger partial charge on any atom is 0.162 e. The molecule has 0 radical (unpaired) electrons. The molecule has 0 bridgehead atoms. The molecule has 0 saturated carbocycles. The second-order valence-corrected chi connectivity index (χ2v) is 11.1. The van der Waals surface area contributed by atoms with E-state index in [-0.39, 0.29) is 5.82 Å². The van der Waals surface area contributed by atoms with Gasteiger partial charge in [0.1, 0.15) is 11.6 Å². The lowest BCUT2D eigenvalue weighted by atomic mass is 10.0. The minimum absolute atomic E-state index is 0.295. The molecule has 0 aliphatic carbocycles. The lowest BCUT2D eigenvalue weighted by Crippen LogP contribution is -2.38. The Balaban J connectivity index is 1.22. The van der Waals surface area contributed by atoms with Crippen molar-refractivity contribution < 1.29 is 9.13 Å². The molecular formula is C29H32FN5OS2. The lowest BCUT2D eigenvalue weighted by molar-refractivity contribution is 0.211. The summed E-state index contributed by atoms with van der Waals surface area (Å²) < 4.78 is 22.8. The van der Waals surface area contributed by atoms with Crippen molar-refractivity contribution in [2.45, 2.75) is 43.9 Å². The van der Waals surface area contributed by atoms with Gasteiger partial charge in [0.2, 0.25) is 0 Å². The van der Waals surface area contributed by atoms with Crippen molar-refractivity contribution in [2.75, 3.05) is 29.8 Å². The van der Waals surface area contributed by atoms with E-state index in [1.165, 1.54) is 28.8 Å². The molecule has 0 amide bonds. The zero-order valence-electron chi connectivity index (χ0n) is 21.6. The number of ether oxygens (including phenoxy) is 1. The summed E-state index contributed by atoms with van der Waals surface area (Å²) in [4.78, 5) is 11.5. The normalized spacial score (nSPS) is 14.4. The number of hydrogen-bond acceptors (Lipinski definition) is 8. The number of hydrogen-bond donors (Lipinski definition) is 1. The van der Waals surface area contributed by atoms with Crippen LogP contribution in [0.5, 0.6) is 5.75 Å². The Morgan fingerprint density at radius 2 is 1.84 bits per heavy atom. The number of thiazole rings is 1. The number of piperidine rings is 1. The van der Waals surface area contributed by atoms with Gasteiger partial charge in [-0.1, -0.05) is 42.5 Å². The van der Waals surface area contributed by atoms with E-state index in [0.717, 1.165) is 55.3 Å². The average Bonchev–Trinajstić information content (AvgIpc) is 3.49. The zero-order valence-corrected chi connectivity index (χ0v) is 23.3. The van der Waals surface area contributed by atoms with Crippen molar-refractivity contribution in [2.24, 2.45) is 0 Å². The van der Waals surface area contributed by atoms with Crippen LogP contribution in [0.15, 0.2) is 76.7 Å². The Labute approximate surface area is 232 Å². The molecule has 2 aromatic carbocycles. The highest BCUT2D eigenvalue weighted by Gasteiger charge is 2.22. The monoisotopic (exact) mass is 549 g/mol. The molecule has 0 atom stereocenters. The Morgan fingerprint density at radius 3 is 2.53 bits per heavy atom. The molecule has 1 saturated heterocycles. The van der Waals surface area contributed by atoms with Crippen LogP contribution >= 0.6 is 23.3 Å². The Morgan fingerprint density at radius 1 is 1.08 bits per heavy atom. The van der Waals surface area contributed by atoms with Gasteiger partial charge >= 0.3 is 0 Å². The van der Waals surface area contributed by atoms with E-state index in [9.17, 15) is 0 Å². The number of nitrogens with one attached hydrogen (secondary N) is 1. The molecule has 1 aliphatic rings. The Bertz CT molecular complexity index is 1300. The number of anilines is 2. The largest absolute Gasteiger partial charge is 0.497 e. The van der Waals surface area contributed by atoms with E-state index < -0.39 is 0 Å². The van der Waals surface area contributed by atoms with Gasteiger partial charge in [-0.25, -0.2) is 14.4 Å². The smallest absolute Gasteiger partial charge is 0.162 e. The van der Waals surface area contributed by atoms with Crippen LogP contribution in [0.1, 0.15) is 29.5 Å². The van der Waals surface area contributed by atoms with Crippen molar-refractivity contribution in [3.63, 3.8) is 0 Å². The highest BCUT2D eigenvalue weighted by molar-refractivity contribution is 8.00. The molecule has 2 aromatic heterocycles. The Hall–Kier alpha value is -3.14. The minimum Gasteiger partial charge on any atom is -0.497 e. The van der Waals surface area contributed by atoms with Gasteiger partial charge in [0.25, 0.3) is 0 Å². The standard InChI is InChI=1S/C29H32FN5OS2/c1-21-26(33-24-12-14-34(15-13-24)17-22-6-4-3-5-7-22)16-31-29(28(21)30)38-35(27-19-37-20-32-27)18-23-8-10-25(36-2)11-9-23/h3-11,16,19-20,24,33H,12-15,17-18H2,1-2H3. The molecule has 1 aliphatic heterocycles. The number of nitrogens with zero attached hydrogens (tertiary/aromatic N) is 4. The van der Waals surface area contributed by atoms with E-state index in [2.05, 4.69) is 50.5 Å². The predicted octanol–water partition coefficient (Wildman–Crippen LogP) is 6.78. The number of likely N-dealkylation sites (tertiary alicyclic amines) is 1. The third kappa shape index (κ3) is 6.64. The molecule has 0 unspecified atom stereocenters. The van der Waals surface area contributed by atoms with Gasteiger partial charge in [-0.2, -0.15) is 0 Å². The summed E-state index contributed by atoms with van der Waals surface area (Å²) in [5, 5.41) is 5.86. The summed E-state index contributed by atoms with van der Waals surface area (Å²) in [6, 6.07) is 18.7. The van der Waals surface area contributed by atoms with Crippen LogP contribution in [0.25, 0.3) is 0 Å². The number of rotatable bonds is 10. The molecule has 4 aromatic rings. The van der Waals surface area contributed by atoms with E-state index >= 15 is 4.39 Å². The van der Waals surface area contributed by atoms with Crippen LogP contribution in [0.4, 0.5) is 15.9 Å². The maximum atomic E-state index is 15.6. The number of halogens is 1. The van der Waals surface area contributed by atoms with Crippen molar-refractivity contribution in [1.29, 1.82) is 0 Å². The third-order valence-corrected chi connectivity index (χ3v) is 8.35. The van der Waals surface area contributed by atoms with Gasteiger partial charge in [-0.05, 0) is 43.0 Å². The molecule has 38 heavy (non-hydrogen) atoms. The predicted molar refractivity (Wildman–Crippen MR) is 154 cm³/mol. The summed E-state index contributed by atoms with van der Waals surface area (Å²) in [7, 11) is 1.65. The number of pyridine rings is 1. The van der Waals surface area contributed by atoms with E-state index in [1.807, 2.05) is 40.9 Å². The molecule has 1 N–H and O–H groups in total. The summed E-state index contributed by atoms with van der Waals surface area (Å²) in [6.45, 7) is 5.39. The van der Waals surface area contributed by atoms with Crippen molar-refractivity contribution in [3.8, 4) is 5.75 Å². The van der Waals surface area contributed by atoms with Crippen LogP contribution < -0.4 is 14.4 Å². The first-order valence-corrected chi connectivity index (χ1v) is 14.4. The van der Waals surface area contributed by atoms with Gasteiger partial charge in [-0.3, -0.25) is 9.21 Å².